The van der Waals surface area contributed by atoms with Crippen LogP contribution in [-0.4, -0.2) is 77.3 Å². The van der Waals surface area contributed by atoms with Gasteiger partial charge in [0.25, 0.3) is 0 Å². The minimum absolute atomic E-state index is 0.0548. The molecule has 3 heterocycles. The summed E-state index contributed by atoms with van der Waals surface area (Å²) < 4.78 is 23.5. The second-order valence-corrected chi connectivity index (χ2v) is 9.65. The number of aromatic nitrogens is 2. The quantitative estimate of drug-likeness (QED) is 0.727. The van der Waals surface area contributed by atoms with Gasteiger partial charge in [-0.3, -0.25) is 4.90 Å². The van der Waals surface area contributed by atoms with Crippen molar-refractivity contribution in [2.45, 2.75) is 49.5 Å². The maximum atomic E-state index is 13.1. The van der Waals surface area contributed by atoms with E-state index in [1.165, 1.54) is 16.0 Å². The van der Waals surface area contributed by atoms with Gasteiger partial charge >= 0.3 is 12.1 Å². The molecule has 1 N–H and O–H groups in total. The molecule has 2 aliphatic heterocycles. The van der Waals surface area contributed by atoms with E-state index in [1.807, 2.05) is 0 Å². The molecule has 0 radical (unpaired) electrons. The van der Waals surface area contributed by atoms with Crippen LogP contribution in [0.25, 0.3) is 0 Å². The zero-order valence-electron chi connectivity index (χ0n) is 15.8. The highest BCUT2D eigenvalue weighted by Crippen LogP contribution is 2.41. The van der Waals surface area contributed by atoms with E-state index in [9.17, 15) is 23.1 Å². The van der Waals surface area contributed by atoms with Crippen LogP contribution in [0.3, 0.4) is 0 Å². The Morgan fingerprint density at radius 3 is 2.68 bits per heavy atom. The van der Waals surface area contributed by atoms with Crippen molar-refractivity contribution in [3.63, 3.8) is 0 Å². The van der Waals surface area contributed by atoms with Gasteiger partial charge in [-0.15, -0.1) is 0 Å². The molecule has 3 aliphatic rings. The molecular weight excluding hydrogens is 386 g/mol. The molecule has 10 nitrogen and oxygen atoms in total. The van der Waals surface area contributed by atoms with Crippen molar-refractivity contribution in [2.24, 2.45) is 5.92 Å². The fourth-order valence-electron chi connectivity index (χ4n) is 4.84. The molecule has 152 valence electrons. The minimum Gasteiger partial charge on any atom is -0.465 e. The van der Waals surface area contributed by atoms with Gasteiger partial charge in [-0.2, -0.15) is 0 Å². The molecule has 3 amide bonds. The van der Waals surface area contributed by atoms with Gasteiger partial charge in [-0.1, -0.05) is 6.42 Å². The molecule has 1 aromatic rings. The number of rotatable bonds is 2. The fourth-order valence-corrected chi connectivity index (χ4v) is 5.33. The summed E-state index contributed by atoms with van der Waals surface area (Å²) in [6, 6.07) is -0.356. The SMILES string of the molecule is CN1C(=O)N(C2CCN(C(=O)O)C3CCC[C@H]32)Cc2cnc(S(C)(=O)=O)nc21. The average molecular weight is 409 g/mol. The Kier molecular flexibility index (Phi) is 4.44. The number of likely N-dealkylation sites (tertiary alicyclic amines) is 1. The Balaban J connectivity index is 1.64. The number of urea groups is 1. The van der Waals surface area contributed by atoms with Crippen LogP contribution in [-0.2, 0) is 16.4 Å². The summed E-state index contributed by atoms with van der Waals surface area (Å²) >= 11 is 0. The van der Waals surface area contributed by atoms with Gasteiger partial charge in [-0.05, 0) is 19.3 Å². The van der Waals surface area contributed by atoms with E-state index >= 15 is 0 Å². The van der Waals surface area contributed by atoms with Crippen molar-refractivity contribution < 1.29 is 23.1 Å². The van der Waals surface area contributed by atoms with E-state index in [1.54, 1.807) is 11.9 Å². The van der Waals surface area contributed by atoms with Crippen molar-refractivity contribution >= 4 is 27.8 Å². The topological polar surface area (TPSA) is 124 Å². The highest BCUT2D eigenvalue weighted by Gasteiger charge is 2.47. The molecule has 1 saturated heterocycles. The maximum absolute atomic E-state index is 13.1. The third-order valence-electron chi connectivity index (χ3n) is 6.08. The van der Waals surface area contributed by atoms with Gasteiger partial charge in [0.1, 0.15) is 5.82 Å². The second kappa shape index (κ2) is 6.57. The number of carboxylic acid groups (broad SMARTS) is 1. The lowest BCUT2D eigenvalue weighted by Gasteiger charge is -2.47. The van der Waals surface area contributed by atoms with Crippen LogP contribution in [0.4, 0.5) is 15.4 Å². The predicted molar refractivity (Wildman–Crippen MR) is 98.7 cm³/mol. The molecule has 1 saturated carbocycles. The van der Waals surface area contributed by atoms with Crippen molar-refractivity contribution in [1.82, 2.24) is 19.8 Å². The smallest absolute Gasteiger partial charge is 0.407 e. The molecule has 0 spiro atoms. The Hall–Kier alpha value is -2.43. The van der Waals surface area contributed by atoms with Crippen LogP contribution in [0.15, 0.2) is 11.4 Å². The predicted octanol–water partition coefficient (Wildman–Crippen LogP) is 1.17. The van der Waals surface area contributed by atoms with Crippen LogP contribution in [0.5, 0.6) is 0 Å². The zero-order valence-corrected chi connectivity index (χ0v) is 16.6. The molecule has 0 bridgehead atoms. The van der Waals surface area contributed by atoms with Gasteiger partial charge in [0.05, 0.1) is 6.54 Å². The third-order valence-corrected chi connectivity index (χ3v) is 6.94. The number of fused-ring (bicyclic) bond motifs is 2. The fraction of sp³-hybridized carbons (Fsp3) is 0.647. The number of hydrogen-bond donors (Lipinski definition) is 1. The van der Waals surface area contributed by atoms with Crippen LogP contribution < -0.4 is 4.90 Å². The number of amides is 3. The number of sulfone groups is 1. The molecule has 3 atom stereocenters. The number of nitrogens with zero attached hydrogens (tertiary/aromatic N) is 5. The van der Waals surface area contributed by atoms with Crippen LogP contribution in [0, 0.1) is 5.92 Å². The van der Waals surface area contributed by atoms with E-state index in [4.69, 9.17) is 0 Å². The van der Waals surface area contributed by atoms with Crippen LogP contribution in [0.2, 0.25) is 0 Å². The molecule has 28 heavy (non-hydrogen) atoms. The standard InChI is InChI=1S/C17H23N5O5S/c1-20-14-10(8-18-15(19-14)28(2,26)27)9-22(16(20)23)13-6-7-21(17(24)25)12-5-3-4-11(12)13/h8,11-13H,3-7,9H2,1-2H3,(H,24,25)/t11-,12?,13?/m1/s1. The van der Waals surface area contributed by atoms with Crippen LogP contribution in [0.1, 0.15) is 31.2 Å². The van der Waals surface area contributed by atoms with Gasteiger partial charge < -0.3 is 14.9 Å². The molecule has 1 aromatic heterocycles. The normalized spacial score (nSPS) is 27.6. The summed E-state index contributed by atoms with van der Waals surface area (Å²) in [6.45, 7) is 0.703. The Labute approximate surface area is 163 Å². The first-order valence-corrected chi connectivity index (χ1v) is 11.2. The number of anilines is 1. The highest BCUT2D eigenvalue weighted by atomic mass is 32.2. The average Bonchev–Trinajstić information content (AvgIpc) is 3.12. The summed E-state index contributed by atoms with van der Waals surface area (Å²) in [4.78, 5) is 37.3. The van der Waals surface area contributed by atoms with Gasteiger partial charge in [0.2, 0.25) is 15.0 Å². The summed E-state index contributed by atoms with van der Waals surface area (Å²) in [5.74, 6) is 0.419. The number of piperidine rings is 1. The van der Waals surface area contributed by atoms with Gasteiger partial charge in [-0.25, -0.2) is 28.0 Å². The van der Waals surface area contributed by atoms with E-state index in [-0.39, 0.29) is 29.2 Å². The monoisotopic (exact) mass is 409 g/mol. The van der Waals surface area contributed by atoms with Crippen molar-refractivity contribution in [2.75, 3.05) is 24.7 Å². The first-order valence-electron chi connectivity index (χ1n) is 9.28. The lowest BCUT2D eigenvalue weighted by atomic mass is 9.85. The van der Waals surface area contributed by atoms with Crippen molar-refractivity contribution in [1.29, 1.82) is 0 Å². The van der Waals surface area contributed by atoms with E-state index in [0.717, 1.165) is 25.5 Å². The summed E-state index contributed by atoms with van der Waals surface area (Å²) in [5, 5.41) is 9.17. The first kappa shape index (κ1) is 18.9. The van der Waals surface area contributed by atoms with Gasteiger partial charge in [0.15, 0.2) is 0 Å². The lowest BCUT2D eigenvalue weighted by Crippen LogP contribution is -2.59. The molecular formula is C17H23N5O5S. The van der Waals surface area contributed by atoms with E-state index in [2.05, 4.69) is 9.97 Å². The summed E-state index contributed by atoms with van der Waals surface area (Å²) in [5.41, 5.74) is 0.685. The largest absolute Gasteiger partial charge is 0.465 e. The highest BCUT2D eigenvalue weighted by molar-refractivity contribution is 7.90. The molecule has 0 aromatic carbocycles. The second-order valence-electron chi connectivity index (χ2n) is 7.74. The maximum Gasteiger partial charge on any atom is 0.407 e. The van der Waals surface area contributed by atoms with Gasteiger partial charge in [0, 0.05) is 49.6 Å². The Bertz CT molecular complexity index is 936. The summed E-state index contributed by atoms with van der Waals surface area (Å²) in [7, 11) is -2.00. The molecule has 11 heteroatoms. The zero-order chi connectivity index (χ0) is 20.2. The third kappa shape index (κ3) is 2.97. The molecule has 2 fully saturated rings. The Morgan fingerprint density at radius 1 is 1.25 bits per heavy atom. The van der Waals surface area contributed by atoms with Crippen molar-refractivity contribution in [3.8, 4) is 0 Å². The number of carbonyl (C=O) groups is 2. The Morgan fingerprint density at radius 2 is 2.00 bits per heavy atom. The summed E-state index contributed by atoms with van der Waals surface area (Å²) in [6.07, 6.45) is 4.85. The van der Waals surface area contributed by atoms with E-state index < -0.39 is 15.9 Å². The van der Waals surface area contributed by atoms with Crippen LogP contribution >= 0.6 is 0 Å². The number of carbonyl (C=O) groups excluding carboxylic acids is 1. The molecule has 1 aliphatic carbocycles. The minimum atomic E-state index is -3.57. The van der Waals surface area contributed by atoms with Crippen molar-refractivity contribution in [3.05, 3.63) is 11.8 Å². The first-order chi connectivity index (χ1) is 13.2. The molecule has 4 rings (SSSR count). The lowest BCUT2D eigenvalue weighted by molar-refractivity contribution is 0.0393. The molecule has 2 unspecified atom stereocenters. The number of hydrogen-bond acceptors (Lipinski definition) is 6. The van der Waals surface area contributed by atoms with E-state index in [0.29, 0.717) is 30.9 Å².